The molecule has 0 aliphatic rings. The summed E-state index contributed by atoms with van der Waals surface area (Å²) in [6.45, 7) is 13.1. The molecule has 0 aliphatic heterocycles. The van der Waals surface area contributed by atoms with Crippen molar-refractivity contribution in [3.8, 4) is 5.75 Å². The molecule has 0 atom stereocenters. The van der Waals surface area contributed by atoms with Gasteiger partial charge in [0.15, 0.2) is 11.6 Å². The van der Waals surface area contributed by atoms with Crippen LogP contribution in [0.15, 0.2) is 12.1 Å². The van der Waals surface area contributed by atoms with Crippen molar-refractivity contribution in [2.75, 3.05) is 27.3 Å². The molecular weight excluding hydrogens is 361 g/mol. The number of aromatic nitrogens is 2. The lowest BCUT2D eigenvalue weighted by molar-refractivity contribution is 0.0813. The number of halogens is 1. The normalized spacial score (nSPS) is 12.5. The highest BCUT2D eigenvalue weighted by Crippen LogP contribution is 2.29. The first-order chi connectivity index (χ1) is 12.6. The van der Waals surface area contributed by atoms with Crippen LogP contribution in [0.1, 0.15) is 19.5 Å². The Balaban J connectivity index is 2.25. The van der Waals surface area contributed by atoms with E-state index in [9.17, 15) is 4.39 Å². The molecule has 0 saturated carbocycles. The van der Waals surface area contributed by atoms with Gasteiger partial charge in [-0.3, -0.25) is 0 Å². The molecule has 0 N–H and O–H groups in total. The Bertz CT molecular complexity index is 756. The van der Waals surface area contributed by atoms with E-state index in [0.29, 0.717) is 31.2 Å². The van der Waals surface area contributed by atoms with Crippen LogP contribution in [-0.2, 0) is 17.9 Å². The van der Waals surface area contributed by atoms with E-state index >= 15 is 0 Å². The summed E-state index contributed by atoms with van der Waals surface area (Å²) in [5.41, 5.74) is 1.51. The lowest BCUT2D eigenvalue weighted by atomic mass is 10.1. The summed E-state index contributed by atoms with van der Waals surface area (Å²) in [6, 6.07) is 5.05. The average molecular weight is 396 g/mol. The Labute approximate surface area is 163 Å². The van der Waals surface area contributed by atoms with Gasteiger partial charge in [0.1, 0.15) is 6.73 Å². The van der Waals surface area contributed by atoms with Gasteiger partial charge in [0.2, 0.25) is 0 Å². The minimum Gasteiger partial charge on any atom is -0.494 e. The topological polar surface area (TPSA) is 39.5 Å². The van der Waals surface area contributed by atoms with E-state index in [1.807, 2.05) is 6.07 Å². The Morgan fingerprint density at radius 2 is 1.96 bits per heavy atom. The Morgan fingerprint density at radius 1 is 1.26 bits per heavy atom. The minimum absolute atomic E-state index is 0.250. The molecule has 0 radical (unpaired) electrons. The van der Waals surface area contributed by atoms with Crippen molar-refractivity contribution >= 4 is 19.0 Å². The Kier molecular flexibility index (Phi) is 7.42. The third-order valence-electron chi connectivity index (χ3n) is 4.91. The summed E-state index contributed by atoms with van der Waals surface area (Å²) in [7, 11) is 2.42. The third kappa shape index (κ3) is 5.76. The van der Waals surface area contributed by atoms with Crippen molar-refractivity contribution in [2.24, 2.45) is 0 Å². The number of nitrogens with zero attached hydrogens (tertiary/aromatic N) is 3. The predicted octanol–water partition coefficient (Wildman–Crippen LogP) is 4.38. The molecule has 0 aliphatic carbocycles. The zero-order valence-corrected chi connectivity index (χ0v) is 18.8. The number of rotatable bonds is 10. The molecule has 0 spiro atoms. The van der Waals surface area contributed by atoms with E-state index in [-0.39, 0.29) is 11.6 Å². The van der Waals surface area contributed by atoms with Crippen molar-refractivity contribution in [1.29, 1.82) is 0 Å². The lowest BCUT2D eigenvalue weighted by Gasteiger charge is -2.20. The molecule has 27 heavy (non-hydrogen) atoms. The molecule has 5 nitrogen and oxygen atoms in total. The SMILES string of the molecule is COc1ccc2c(c(CCN(C)C(C)C)nn2COCC[Si](C)(C)C)c1F. The van der Waals surface area contributed by atoms with Crippen molar-refractivity contribution in [3.05, 3.63) is 23.6 Å². The molecule has 1 aromatic carbocycles. The van der Waals surface area contributed by atoms with Crippen molar-refractivity contribution in [2.45, 2.75) is 58.7 Å². The van der Waals surface area contributed by atoms with Crippen molar-refractivity contribution in [1.82, 2.24) is 14.7 Å². The van der Waals surface area contributed by atoms with Crippen LogP contribution in [0, 0.1) is 5.82 Å². The van der Waals surface area contributed by atoms with Gasteiger partial charge in [-0.2, -0.15) is 5.10 Å². The van der Waals surface area contributed by atoms with Crippen molar-refractivity contribution < 1.29 is 13.9 Å². The first-order valence-corrected chi connectivity index (χ1v) is 13.3. The van der Waals surface area contributed by atoms with Crippen LogP contribution >= 0.6 is 0 Å². The lowest BCUT2D eigenvalue weighted by Crippen LogP contribution is -2.28. The molecular formula is C20H34FN3O2Si. The monoisotopic (exact) mass is 395 g/mol. The molecule has 1 heterocycles. The number of likely N-dealkylation sites (N-methyl/N-ethyl adjacent to an activating group) is 1. The van der Waals surface area contributed by atoms with E-state index in [1.165, 1.54) is 7.11 Å². The predicted molar refractivity (Wildman–Crippen MR) is 112 cm³/mol. The highest BCUT2D eigenvalue weighted by molar-refractivity contribution is 6.76. The second-order valence-corrected chi connectivity index (χ2v) is 14.2. The molecule has 0 amide bonds. The smallest absolute Gasteiger partial charge is 0.176 e. The maximum atomic E-state index is 14.9. The molecule has 152 valence electrons. The fourth-order valence-corrected chi connectivity index (χ4v) is 3.54. The molecule has 2 aromatic rings. The Morgan fingerprint density at radius 3 is 2.56 bits per heavy atom. The van der Waals surface area contributed by atoms with Crippen LogP contribution in [0.4, 0.5) is 4.39 Å². The number of benzene rings is 1. The van der Waals surface area contributed by atoms with E-state index in [4.69, 9.17) is 9.47 Å². The van der Waals surface area contributed by atoms with Gasteiger partial charge in [-0.05, 0) is 39.1 Å². The fourth-order valence-electron chi connectivity index (χ4n) is 2.79. The van der Waals surface area contributed by atoms with Gasteiger partial charge in [-0.15, -0.1) is 0 Å². The van der Waals surface area contributed by atoms with Crippen LogP contribution in [-0.4, -0.2) is 56.1 Å². The number of hydrogen-bond donors (Lipinski definition) is 0. The first-order valence-electron chi connectivity index (χ1n) is 9.64. The van der Waals surface area contributed by atoms with Gasteiger partial charge in [-0.25, -0.2) is 9.07 Å². The molecule has 0 saturated heterocycles. The second-order valence-electron chi connectivity index (χ2n) is 8.59. The standard InChI is InChI=1S/C20H34FN3O2Si/c1-15(2)23(3)11-10-16-19-17(8-9-18(25-4)20(19)21)24(22-16)14-26-12-13-27(5,6)7/h8-9,15H,10-14H2,1-7H3. The largest absolute Gasteiger partial charge is 0.494 e. The van der Waals surface area contributed by atoms with Crippen LogP contribution in [0.5, 0.6) is 5.75 Å². The third-order valence-corrected chi connectivity index (χ3v) is 6.61. The van der Waals surface area contributed by atoms with E-state index in [2.05, 4.69) is 50.5 Å². The quantitative estimate of drug-likeness (QED) is 0.442. The summed E-state index contributed by atoms with van der Waals surface area (Å²) in [5, 5.41) is 5.21. The molecule has 0 fully saturated rings. The van der Waals surface area contributed by atoms with Crippen molar-refractivity contribution in [3.63, 3.8) is 0 Å². The zero-order chi connectivity index (χ0) is 20.2. The van der Waals surface area contributed by atoms with Gasteiger partial charge in [0.05, 0.1) is 23.7 Å². The summed E-state index contributed by atoms with van der Waals surface area (Å²) < 4.78 is 27.7. The van der Waals surface area contributed by atoms with Gasteiger partial charge in [0, 0.05) is 33.7 Å². The fraction of sp³-hybridized carbons (Fsp3) is 0.650. The highest BCUT2D eigenvalue weighted by Gasteiger charge is 2.19. The van der Waals surface area contributed by atoms with E-state index in [0.717, 1.165) is 23.8 Å². The van der Waals surface area contributed by atoms with Crippen LogP contribution < -0.4 is 4.74 Å². The highest BCUT2D eigenvalue weighted by atomic mass is 28.3. The molecule has 1 aromatic heterocycles. The van der Waals surface area contributed by atoms with Crippen LogP contribution in [0.3, 0.4) is 0 Å². The summed E-state index contributed by atoms with van der Waals surface area (Å²) in [4.78, 5) is 2.23. The van der Waals surface area contributed by atoms with Gasteiger partial charge in [0.25, 0.3) is 0 Å². The molecule has 7 heteroatoms. The van der Waals surface area contributed by atoms with E-state index in [1.54, 1.807) is 10.7 Å². The van der Waals surface area contributed by atoms with Crippen LogP contribution in [0.2, 0.25) is 25.7 Å². The average Bonchev–Trinajstić information content (AvgIpc) is 2.94. The second kappa shape index (κ2) is 9.17. The van der Waals surface area contributed by atoms with E-state index < -0.39 is 8.07 Å². The maximum absolute atomic E-state index is 14.9. The van der Waals surface area contributed by atoms with Crippen LogP contribution in [0.25, 0.3) is 10.9 Å². The van der Waals surface area contributed by atoms with Gasteiger partial charge in [-0.1, -0.05) is 19.6 Å². The van der Waals surface area contributed by atoms with Gasteiger partial charge < -0.3 is 14.4 Å². The summed E-state index contributed by atoms with van der Waals surface area (Å²) in [6.07, 6.45) is 0.678. The molecule has 2 rings (SSSR count). The number of methoxy groups -OCH3 is 1. The van der Waals surface area contributed by atoms with Gasteiger partial charge >= 0.3 is 0 Å². The number of ether oxygens (including phenoxy) is 2. The first kappa shape index (κ1) is 21.9. The summed E-state index contributed by atoms with van der Waals surface area (Å²) >= 11 is 0. The molecule has 0 bridgehead atoms. The zero-order valence-electron chi connectivity index (χ0n) is 17.8. The number of hydrogen-bond acceptors (Lipinski definition) is 4. The molecule has 0 unspecified atom stereocenters. The Hall–Kier alpha value is -1.44. The maximum Gasteiger partial charge on any atom is 0.176 e. The minimum atomic E-state index is -1.14. The number of fused-ring (bicyclic) bond motifs is 1. The summed E-state index contributed by atoms with van der Waals surface area (Å²) in [5.74, 6) is -0.0919.